The second-order valence-electron chi connectivity index (χ2n) is 4.82. The molecule has 0 spiro atoms. The fourth-order valence-corrected chi connectivity index (χ4v) is 2.16. The highest BCUT2D eigenvalue weighted by atomic mass is 19.3. The lowest BCUT2D eigenvalue weighted by Gasteiger charge is -2.18. The van der Waals surface area contributed by atoms with Crippen molar-refractivity contribution >= 4 is 17.5 Å². The zero-order valence-corrected chi connectivity index (χ0v) is 11.1. The van der Waals surface area contributed by atoms with E-state index < -0.39 is 43.2 Å². The van der Waals surface area contributed by atoms with Crippen molar-refractivity contribution in [3.63, 3.8) is 0 Å². The van der Waals surface area contributed by atoms with Gasteiger partial charge in [-0.15, -0.1) is 0 Å². The highest BCUT2D eigenvalue weighted by Gasteiger charge is 2.47. The van der Waals surface area contributed by atoms with Gasteiger partial charge in [0.05, 0.1) is 12.6 Å². The monoisotopic (exact) mass is 293 g/mol. The predicted molar refractivity (Wildman–Crippen MR) is 70.4 cm³/mol. The quantitative estimate of drug-likeness (QED) is 0.863. The van der Waals surface area contributed by atoms with Crippen molar-refractivity contribution in [2.75, 3.05) is 11.9 Å². The minimum absolute atomic E-state index is 0.513. The molecule has 1 aromatic rings. The highest BCUT2D eigenvalue weighted by molar-refractivity contribution is 6.03. The lowest BCUT2D eigenvalue weighted by atomic mass is 10.2. The molecule has 110 valence electrons. The number of alkyl halides is 2. The number of hydrogen-bond acceptors (Lipinski definition) is 3. The Morgan fingerprint density at radius 2 is 2.05 bits per heavy atom. The molecule has 0 aliphatic carbocycles. The minimum atomic E-state index is -3.08. The summed E-state index contributed by atoms with van der Waals surface area (Å²) in [6.07, 6.45) is -1.25. The number of nitrogens with one attached hydrogen (secondary N) is 1. The van der Waals surface area contributed by atoms with Crippen LogP contribution in [0.2, 0.25) is 0 Å². The maximum absolute atomic E-state index is 13.2. The maximum Gasteiger partial charge on any atom is 0.268 e. The van der Waals surface area contributed by atoms with E-state index in [0.717, 1.165) is 4.90 Å². The number of halogens is 2. The Kier molecular flexibility index (Phi) is 4.17. The molecule has 0 bridgehead atoms. The summed E-state index contributed by atoms with van der Waals surface area (Å²) in [5.41, 5.74) is 0.513. The number of para-hydroxylation sites is 1. The zero-order valence-electron chi connectivity index (χ0n) is 11.1. The summed E-state index contributed by atoms with van der Waals surface area (Å²) in [6.45, 7) is -0.817. The molecule has 5 nitrogen and oxygen atoms in total. The molecular weight excluding hydrogens is 280 g/mol. The van der Waals surface area contributed by atoms with Crippen LogP contribution in [0.25, 0.3) is 0 Å². The number of hydrogen-bond donors (Lipinski definition) is 1. The lowest BCUT2D eigenvalue weighted by molar-refractivity contribution is -0.135. The fourth-order valence-electron chi connectivity index (χ4n) is 2.16. The molecule has 0 saturated carbocycles. The van der Waals surface area contributed by atoms with Crippen molar-refractivity contribution in [1.29, 1.82) is 5.26 Å². The summed E-state index contributed by atoms with van der Waals surface area (Å²) in [6, 6.07) is 8.96. The number of likely N-dealkylation sites (tertiary alicyclic amines) is 1. The summed E-state index contributed by atoms with van der Waals surface area (Å²) >= 11 is 0. The number of rotatable bonds is 3. The van der Waals surface area contributed by atoms with Gasteiger partial charge in [0.15, 0.2) is 0 Å². The van der Waals surface area contributed by atoms with Crippen molar-refractivity contribution < 1.29 is 18.4 Å². The molecular formula is C14H13F2N3O2. The lowest BCUT2D eigenvalue weighted by Crippen LogP contribution is -2.37. The molecule has 1 aromatic carbocycles. The van der Waals surface area contributed by atoms with Crippen LogP contribution in [0.3, 0.4) is 0 Å². The average molecular weight is 293 g/mol. The van der Waals surface area contributed by atoms with Gasteiger partial charge in [-0.25, -0.2) is 8.78 Å². The molecule has 1 saturated heterocycles. The van der Waals surface area contributed by atoms with Crippen molar-refractivity contribution in [3.05, 3.63) is 30.3 Å². The van der Waals surface area contributed by atoms with Gasteiger partial charge in [0.25, 0.3) is 5.92 Å². The van der Waals surface area contributed by atoms with E-state index in [-0.39, 0.29) is 0 Å². The van der Waals surface area contributed by atoms with Gasteiger partial charge in [0.2, 0.25) is 11.8 Å². The van der Waals surface area contributed by atoms with Gasteiger partial charge < -0.3 is 10.2 Å². The fraction of sp³-hybridized carbons (Fsp3) is 0.357. The third-order valence-corrected chi connectivity index (χ3v) is 3.11. The summed E-state index contributed by atoms with van der Waals surface area (Å²) in [7, 11) is 0. The molecule has 1 N–H and O–H groups in total. The second kappa shape index (κ2) is 5.87. The second-order valence-corrected chi connectivity index (χ2v) is 4.82. The standard InChI is InChI=1S/C14H13F2N3O2/c15-14(16)7-11(8-17)19(9-14)13(21)6-12(20)18-10-4-2-1-3-5-10/h1-5,11H,6-7,9H2,(H,18,20). The smallest absolute Gasteiger partial charge is 0.268 e. The van der Waals surface area contributed by atoms with Crippen LogP contribution in [0.15, 0.2) is 30.3 Å². The van der Waals surface area contributed by atoms with Crippen LogP contribution in [0.1, 0.15) is 12.8 Å². The molecule has 1 aliphatic rings. The summed E-state index contributed by atoms with van der Waals surface area (Å²) in [5, 5.41) is 11.3. The number of carbonyl (C=O) groups is 2. The van der Waals surface area contributed by atoms with E-state index in [1.54, 1.807) is 36.4 Å². The Hall–Kier alpha value is -2.49. The van der Waals surface area contributed by atoms with Gasteiger partial charge in [-0.2, -0.15) is 5.26 Å². The predicted octanol–water partition coefficient (Wildman–Crippen LogP) is 1.77. The molecule has 1 atom stereocenters. The Bertz CT molecular complexity index is 584. The summed E-state index contributed by atoms with van der Waals surface area (Å²) < 4.78 is 26.5. The molecule has 1 fully saturated rings. The van der Waals surface area contributed by atoms with E-state index in [1.807, 2.05) is 0 Å². The molecule has 7 heteroatoms. The largest absolute Gasteiger partial charge is 0.326 e. The maximum atomic E-state index is 13.2. The molecule has 21 heavy (non-hydrogen) atoms. The molecule has 2 rings (SSSR count). The third-order valence-electron chi connectivity index (χ3n) is 3.11. The molecule has 1 heterocycles. The summed E-state index contributed by atoms with van der Waals surface area (Å²) in [5.74, 6) is -4.45. The summed E-state index contributed by atoms with van der Waals surface area (Å²) in [4.78, 5) is 24.4. The Balaban J connectivity index is 1.95. The molecule has 0 radical (unpaired) electrons. The van der Waals surface area contributed by atoms with Crippen LogP contribution < -0.4 is 5.32 Å². The third kappa shape index (κ3) is 3.75. The van der Waals surface area contributed by atoms with Gasteiger partial charge in [-0.1, -0.05) is 18.2 Å². The van der Waals surface area contributed by atoms with E-state index >= 15 is 0 Å². The number of nitrogens with zero attached hydrogens (tertiary/aromatic N) is 2. The zero-order chi connectivity index (χ0) is 15.5. The first-order valence-electron chi connectivity index (χ1n) is 6.33. The topological polar surface area (TPSA) is 73.2 Å². The van der Waals surface area contributed by atoms with E-state index in [4.69, 9.17) is 5.26 Å². The van der Waals surface area contributed by atoms with Gasteiger partial charge in [0.1, 0.15) is 12.5 Å². The molecule has 1 unspecified atom stereocenters. The minimum Gasteiger partial charge on any atom is -0.326 e. The number of amides is 2. The molecule has 0 aromatic heterocycles. The van der Waals surface area contributed by atoms with E-state index in [2.05, 4.69) is 5.32 Å². The van der Waals surface area contributed by atoms with Gasteiger partial charge in [-0.05, 0) is 12.1 Å². The number of anilines is 1. The Morgan fingerprint density at radius 1 is 1.38 bits per heavy atom. The van der Waals surface area contributed by atoms with Crippen molar-refractivity contribution in [1.82, 2.24) is 4.90 Å². The van der Waals surface area contributed by atoms with Crippen LogP contribution in [0.5, 0.6) is 0 Å². The SMILES string of the molecule is N#CC1CC(F)(F)CN1C(=O)CC(=O)Nc1ccccc1. The van der Waals surface area contributed by atoms with Crippen molar-refractivity contribution in [3.8, 4) is 6.07 Å². The number of nitriles is 1. The first-order valence-corrected chi connectivity index (χ1v) is 6.33. The highest BCUT2D eigenvalue weighted by Crippen LogP contribution is 2.32. The first kappa shape index (κ1) is 14.9. The Morgan fingerprint density at radius 3 is 2.67 bits per heavy atom. The van der Waals surface area contributed by atoms with Crippen LogP contribution in [0.4, 0.5) is 14.5 Å². The number of carbonyl (C=O) groups excluding carboxylic acids is 2. The van der Waals surface area contributed by atoms with Crippen molar-refractivity contribution in [2.24, 2.45) is 0 Å². The molecule has 2 amide bonds. The van der Waals surface area contributed by atoms with Crippen LogP contribution >= 0.6 is 0 Å². The van der Waals surface area contributed by atoms with Gasteiger partial charge in [-0.3, -0.25) is 9.59 Å². The van der Waals surface area contributed by atoms with E-state index in [9.17, 15) is 18.4 Å². The van der Waals surface area contributed by atoms with Crippen LogP contribution in [-0.2, 0) is 9.59 Å². The van der Waals surface area contributed by atoms with E-state index in [1.165, 1.54) is 0 Å². The van der Waals surface area contributed by atoms with Crippen LogP contribution in [-0.4, -0.2) is 35.2 Å². The Labute approximate surface area is 120 Å². The average Bonchev–Trinajstić information content (AvgIpc) is 2.75. The van der Waals surface area contributed by atoms with Gasteiger partial charge >= 0.3 is 0 Å². The van der Waals surface area contributed by atoms with E-state index in [0.29, 0.717) is 5.69 Å². The number of benzene rings is 1. The molecule has 1 aliphatic heterocycles. The van der Waals surface area contributed by atoms with Crippen molar-refractivity contribution in [2.45, 2.75) is 24.8 Å². The first-order chi connectivity index (χ1) is 9.91. The van der Waals surface area contributed by atoms with Gasteiger partial charge in [0, 0.05) is 12.1 Å². The van der Waals surface area contributed by atoms with Crippen LogP contribution in [0, 0.1) is 11.3 Å². The normalized spacial score (nSPS) is 19.9.